The smallest absolute Gasteiger partial charge is 0.152 e. The third-order valence-corrected chi connectivity index (χ3v) is 2.92. The van der Waals surface area contributed by atoms with Crippen LogP contribution in [-0.2, 0) is 11.2 Å². The fraction of sp³-hybridized carbons (Fsp3) is 0.333. The van der Waals surface area contributed by atoms with Crippen molar-refractivity contribution >= 4 is 11.2 Å². The second-order valence-corrected chi connectivity index (χ2v) is 3.86. The van der Waals surface area contributed by atoms with E-state index in [4.69, 9.17) is 0 Å². The van der Waals surface area contributed by atoms with Crippen LogP contribution in [-0.4, -0.2) is 10.3 Å². The van der Waals surface area contributed by atoms with Crippen molar-refractivity contribution in [3.8, 4) is 0 Å². The highest BCUT2D eigenvalue weighted by atomic mass is 32.2. The van der Waals surface area contributed by atoms with E-state index >= 15 is 0 Å². The molecule has 0 aliphatic rings. The lowest BCUT2D eigenvalue weighted by Gasteiger charge is -2.07. The first kappa shape index (κ1) is 8.62. The van der Waals surface area contributed by atoms with Gasteiger partial charge in [0.2, 0.25) is 0 Å². The first-order chi connectivity index (χ1) is 5.34. The lowest BCUT2D eigenvalue weighted by atomic mass is 10.4. The van der Waals surface area contributed by atoms with Gasteiger partial charge in [-0.3, -0.25) is 0 Å². The average molecular weight is 167 g/mol. The van der Waals surface area contributed by atoms with E-state index in [1.54, 1.807) is 12.1 Å². The summed E-state index contributed by atoms with van der Waals surface area (Å²) in [6.07, 6.45) is 0.964. The van der Waals surface area contributed by atoms with Crippen LogP contribution in [0.3, 0.4) is 0 Å². The molecule has 11 heavy (non-hydrogen) atoms. The summed E-state index contributed by atoms with van der Waals surface area (Å²) in [5.41, 5.74) is 0. The Labute approximate surface area is 70.6 Å². The fourth-order valence-electron chi connectivity index (χ4n) is 0.827. The number of hydrogen-bond donors (Lipinski definition) is 0. The van der Waals surface area contributed by atoms with Crippen LogP contribution in [0.1, 0.15) is 13.3 Å². The molecule has 1 unspecified atom stereocenters. The topological polar surface area (TPSA) is 23.1 Å². The predicted octanol–water partition coefficient (Wildman–Crippen LogP) is 2.00. The molecule has 0 bridgehead atoms. The van der Waals surface area contributed by atoms with Gasteiger partial charge in [-0.2, -0.15) is 0 Å². The van der Waals surface area contributed by atoms with E-state index in [9.17, 15) is 4.55 Å². The quantitative estimate of drug-likeness (QED) is 0.631. The monoisotopic (exact) mass is 167 g/mol. The van der Waals surface area contributed by atoms with Crippen molar-refractivity contribution in [3.63, 3.8) is 0 Å². The van der Waals surface area contributed by atoms with E-state index in [-0.39, 0.29) is 0 Å². The minimum atomic E-state index is -0.803. The minimum absolute atomic E-state index is 0.754. The molecule has 1 radical (unpaired) electrons. The van der Waals surface area contributed by atoms with Gasteiger partial charge >= 0.3 is 0 Å². The van der Waals surface area contributed by atoms with Gasteiger partial charge in [0, 0.05) is 0 Å². The molecule has 2 heteroatoms. The molecule has 1 rings (SSSR count). The zero-order valence-corrected chi connectivity index (χ0v) is 7.36. The first-order valence-electron chi connectivity index (χ1n) is 3.69. The highest BCUT2D eigenvalue weighted by molar-refractivity contribution is 7.91. The average Bonchev–Trinajstić information content (AvgIpc) is 2.07. The Morgan fingerprint density at radius 3 is 2.64 bits per heavy atom. The zero-order chi connectivity index (χ0) is 8.10. The van der Waals surface area contributed by atoms with Gasteiger partial charge in [0.05, 0.1) is 0 Å². The van der Waals surface area contributed by atoms with Gasteiger partial charge in [0.1, 0.15) is 5.75 Å². The maximum absolute atomic E-state index is 11.3. The molecule has 1 nitrogen and oxygen atoms in total. The molecule has 0 amide bonds. The van der Waals surface area contributed by atoms with Gasteiger partial charge in [0.15, 0.2) is 4.90 Å². The van der Waals surface area contributed by atoms with Crippen LogP contribution >= 0.6 is 0 Å². The third-order valence-electron chi connectivity index (χ3n) is 1.34. The van der Waals surface area contributed by atoms with Crippen molar-refractivity contribution in [2.45, 2.75) is 18.2 Å². The molecule has 0 aliphatic carbocycles. The summed E-state index contributed by atoms with van der Waals surface area (Å²) in [7, 11) is 0. The van der Waals surface area contributed by atoms with Crippen LogP contribution in [0.2, 0.25) is 0 Å². The summed E-state index contributed by atoms with van der Waals surface area (Å²) < 4.78 is 11.3. The van der Waals surface area contributed by atoms with Crippen molar-refractivity contribution in [2.24, 2.45) is 0 Å². The van der Waals surface area contributed by atoms with Gasteiger partial charge in [-0.05, 0) is 47.9 Å². The Hall–Kier alpha value is -0.470. The van der Waals surface area contributed by atoms with Crippen LogP contribution in [0.25, 0.3) is 0 Å². The molecule has 1 atom stereocenters. The SMILES string of the molecule is CCC[S+]([O-])c1cc[c]cc1. The molecule has 0 N–H and O–H groups in total. The van der Waals surface area contributed by atoms with E-state index in [1.807, 2.05) is 19.1 Å². The maximum Gasteiger partial charge on any atom is 0.152 e. The Bertz CT molecular complexity index is 198. The summed E-state index contributed by atoms with van der Waals surface area (Å²) in [5.74, 6) is 0.754. The largest absolute Gasteiger partial charge is 0.611 e. The van der Waals surface area contributed by atoms with Crippen molar-refractivity contribution in [2.75, 3.05) is 5.75 Å². The van der Waals surface area contributed by atoms with E-state index in [0.717, 1.165) is 17.1 Å². The van der Waals surface area contributed by atoms with Crippen molar-refractivity contribution in [1.82, 2.24) is 0 Å². The first-order valence-corrected chi connectivity index (χ1v) is 5.01. The fourth-order valence-corrected chi connectivity index (χ4v) is 1.87. The Kier molecular flexibility index (Phi) is 3.46. The molecule has 0 spiro atoms. The molecule has 0 fully saturated rings. The summed E-state index contributed by atoms with van der Waals surface area (Å²) in [6.45, 7) is 2.03. The molecular weight excluding hydrogens is 156 g/mol. The summed E-state index contributed by atoms with van der Waals surface area (Å²) in [5, 5.41) is 0. The standard InChI is InChI=1S/C9H11OS/c1-2-8-11(10)9-6-4-3-5-7-9/h4-7H,2,8H2,1H3. The molecule has 0 aromatic heterocycles. The van der Waals surface area contributed by atoms with Gasteiger partial charge < -0.3 is 4.55 Å². The molecule has 0 heterocycles. The molecule has 0 aliphatic heterocycles. The highest BCUT2D eigenvalue weighted by Crippen LogP contribution is 2.10. The highest BCUT2D eigenvalue weighted by Gasteiger charge is 2.06. The Morgan fingerprint density at radius 2 is 2.09 bits per heavy atom. The van der Waals surface area contributed by atoms with E-state index in [1.165, 1.54) is 0 Å². The molecule has 0 saturated heterocycles. The number of hydrogen-bond acceptors (Lipinski definition) is 1. The third kappa shape index (κ3) is 2.56. The minimum Gasteiger partial charge on any atom is -0.611 e. The van der Waals surface area contributed by atoms with E-state index in [0.29, 0.717) is 0 Å². The second-order valence-electron chi connectivity index (χ2n) is 2.29. The number of rotatable bonds is 3. The lowest BCUT2D eigenvalue weighted by molar-refractivity contribution is 0.593. The lowest BCUT2D eigenvalue weighted by Crippen LogP contribution is -2.05. The van der Waals surface area contributed by atoms with Crippen LogP contribution < -0.4 is 0 Å². The van der Waals surface area contributed by atoms with Gasteiger partial charge in [-0.1, -0.05) is 6.92 Å². The molecule has 1 aromatic carbocycles. The molecule has 1 aromatic rings. The summed E-state index contributed by atoms with van der Waals surface area (Å²) in [4.78, 5) is 0.908. The van der Waals surface area contributed by atoms with Crippen LogP contribution in [0.5, 0.6) is 0 Å². The molecular formula is C9H11OS. The van der Waals surface area contributed by atoms with Crippen molar-refractivity contribution in [3.05, 3.63) is 30.3 Å². The van der Waals surface area contributed by atoms with Gasteiger partial charge in [-0.25, -0.2) is 0 Å². The van der Waals surface area contributed by atoms with Crippen LogP contribution in [0, 0.1) is 6.07 Å². The van der Waals surface area contributed by atoms with Gasteiger partial charge in [-0.15, -0.1) is 0 Å². The second kappa shape index (κ2) is 4.42. The predicted molar refractivity (Wildman–Crippen MR) is 46.8 cm³/mol. The van der Waals surface area contributed by atoms with Gasteiger partial charge in [0.25, 0.3) is 0 Å². The molecule has 59 valence electrons. The van der Waals surface area contributed by atoms with Crippen LogP contribution in [0.15, 0.2) is 29.2 Å². The van der Waals surface area contributed by atoms with Crippen molar-refractivity contribution in [1.29, 1.82) is 0 Å². The summed E-state index contributed by atoms with van der Waals surface area (Å²) in [6, 6.07) is 10.2. The Morgan fingerprint density at radius 1 is 1.45 bits per heavy atom. The number of benzene rings is 1. The zero-order valence-electron chi connectivity index (χ0n) is 6.54. The van der Waals surface area contributed by atoms with E-state index < -0.39 is 11.2 Å². The maximum atomic E-state index is 11.3. The summed E-state index contributed by atoms with van der Waals surface area (Å²) >= 11 is -0.803. The normalized spacial score (nSPS) is 12.9. The molecule has 0 saturated carbocycles. The van der Waals surface area contributed by atoms with Crippen molar-refractivity contribution < 1.29 is 4.55 Å². The Balaban J connectivity index is 2.61. The van der Waals surface area contributed by atoms with Crippen LogP contribution in [0.4, 0.5) is 0 Å². The van der Waals surface area contributed by atoms with E-state index in [2.05, 4.69) is 6.07 Å².